The maximum Gasteiger partial charge on any atom is 0.418 e. The lowest BCUT2D eigenvalue weighted by Crippen LogP contribution is -2.08. The molecule has 0 radical (unpaired) electrons. The molecule has 164 valence electrons. The highest BCUT2D eigenvalue weighted by molar-refractivity contribution is 6.08. The van der Waals surface area contributed by atoms with Gasteiger partial charge in [0.1, 0.15) is 0 Å². The van der Waals surface area contributed by atoms with E-state index in [1.165, 1.54) is 0 Å². The molecule has 6 aromatic rings. The monoisotopic (exact) mass is 449 g/mol. The Morgan fingerprint density at radius 2 is 1.18 bits per heavy atom. The standard InChI is InChI=1S/C30H18F3N/c31-30(32,33)28-18-34-29(26-11-5-8-19-6-1-4-10-24(19)26)17-27(28)22-14-15-25-21(16-22)13-12-20-7-2-3-9-23(20)25/h1-18H. The summed E-state index contributed by atoms with van der Waals surface area (Å²) in [4.78, 5) is 4.23. The molecule has 1 aromatic heterocycles. The number of nitrogens with zero attached hydrogens (tertiary/aromatic N) is 1. The van der Waals surface area contributed by atoms with Crippen molar-refractivity contribution in [3.05, 3.63) is 115 Å². The van der Waals surface area contributed by atoms with Crippen molar-refractivity contribution < 1.29 is 13.2 Å². The SMILES string of the molecule is FC(F)(F)c1cnc(-c2cccc3ccccc23)cc1-c1ccc2c(ccc3ccccc32)c1. The summed E-state index contributed by atoms with van der Waals surface area (Å²) in [6.45, 7) is 0. The van der Waals surface area contributed by atoms with E-state index >= 15 is 0 Å². The molecular weight excluding hydrogens is 431 g/mol. The molecule has 4 heteroatoms. The van der Waals surface area contributed by atoms with Gasteiger partial charge in [0.25, 0.3) is 0 Å². The van der Waals surface area contributed by atoms with E-state index in [1.807, 2.05) is 91.0 Å². The summed E-state index contributed by atoms with van der Waals surface area (Å²) in [5.74, 6) is 0. The van der Waals surface area contributed by atoms with Gasteiger partial charge >= 0.3 is 6.18 Å². The summed E-state index contributed by atoms with van der Waals surface area (Å²) in [6, 6.07) is 32.6. The first-order valence-corrected chi connectivity index (χ1v) is 11.0. The lowest BCUT2D eigenvalue weighted by molar-refractivity contribution is -0.137. The van der Waals surface area contributed by atoms with Crippen molar-refractivity contribution in [3.63, 3.8) is 0 Å². The number of pyridine rings is 1. The zero-order valence-corrected chi connectivity index (χ0v) is 18.0. The first kappa shape index (κ1) is 20.4. The van der Waals surface area contributed by atoms with E-state index in [9.17, 15) is 13.2 Å². The second-order valence-corrected chi connectivity index (χ2v) is 8.36. The Morgan fingerprint density at radius 3 is 1.97 bits per heavy atom. The third-order valence-electron chi connectivity index (χ3n) is 6.33. The van der Waals surface area contributed by atoms with Crippen molar-refractivity contribution in [1.29, 1.82) is 0 Å². The van der Waals surface area contributed by atoms with E-state index in [0.29, 0.717) is 11.3 Å². The molecule has 5 aromatic carbocycles. The third-order valence-corrected chi connectivity index (χ3v) is 6.33. The van der Waals surface area contributed by atoms with Crippen LogP contribution in [0.25, 0.3) is 54.7 Å². The largest absolute Gasteiger partial charge is 0.418 e. The molecule has 34 heavy (non-hydrogen) atoms. The first-order valence-electron chi connectivity index (χ1n) is 11.0. The average molecular weight is 449 g/mol. The Morgan fingerprint density at radius 1 is 0.529 bits per heavy atom. The average Bonchev–Trinajstić information content (AvgIpc) is 2.87. The van der Waals surface area contributed by atoms with Crippen molar-refractivity contribution in [2.24, 2.45) is 0 Å². The quantitative estimate of drug-likeness (QED) is 0.241. The fourth-order valence-electron chi connectivity index (χ4n) is 4.70. The molecule has 0 atom stereocenters. The van der Waals surface area contributed by atoms with Crippen molar-refractivity contribution in [3.8, 4) is 22.4 Å². The van der Waals surface area contributed by atoms with E-state index in [2.05, 4.69) is 4.98 Å². The Hall–Kier alpha value is -4.18. The van der Waals surface area contributed by atoms with Crippen molar-refractivity contribution in [2.45, 2.75) is 6.18 Å². The topological polar surface area (TPSA) is 12.9 Å². The third kappa shape index (κ3) is 3.39. The van der Waals surface area contributed by atoms with E-state index in [-0.39, 0.29) is 5.56 Å². The predicted octanol–water partition coefficient (Wildman–Crippen LogP) is 8.89. The van der Waals surface area contributed by atoms with Gasteiger partial charge in [-0.2, -0.15) is 13.2 Å². The van der Waals surface area contributed by atoms with Crippen LogP contribution < -0.4 is 0 Å². The van der Waals surface area contributed by atoms with E-state index < -0.39 is 11.7 Å². The number of rotatable bonds is 2. The Balaban J connectivity index is 1.59. The van der Waals surface area contributed by atoms with Crippen LogP contribution in [-0.2, 0) is 6.18 Å². The molecule has 0 fully saturated rings. The Labute approximate surface area is 194 Å². The summed E-state index contributed by atoms with van der Waals surface area (Å²) in [7, 11) is 0. The van der Waals surface area contributed by atoms with Crippen LogP contribution in [0.1, 0.15) is 5.56 Å². The summed E-state index contributed by atoms with van der Waals surface area (Å²) in [5, 5.41) is 6.05. The van der Waals surface area contributed by atoms with Gasteiger partial charge in [0.15, 0.2) is 0 Å². The summed E-state index contributed by atoms with van der Waals surface area (Å²) >= 11 is 0. The number of benzene rings is 5. The minimum Gasteiger partial charge on any atom is -0.256 e. The van der Waals surface area contributed by atoms with Crippen LogP contribution in [0.15, 0.2) is 109 Å². The smallest absolute Gasteiger partial charge is 0.256 e. The summed E-state index contributed by atoms with van der Waals surface area (Å²) in [6.07, 6.45) is -3.56. The maximum absolute atomic E-state index is 14.0. The molecule has 1 nitrogen and oxygen atoms in total. The number of aromatic nitrogens is 1. The van der Waals surface area contributed by atoms with Crippen LogP contribution in [0, 0.1) is 0 Å². The maximum atomic E-state index is 14.0. The van der Waals surface area contributed by atoms with Gasteiger partial charge in [0.05, 0.1) is 11.3 Å². The predicted molar refractivity (Wildman–Crippen MR) is 133 cm³/mol. The molecule has 0 saturated heterocycles. The second kappa shape index (κ2) is 7.70. The van der Waals surface area contributed by atoms with E-state index in [4.69, 9.17) is 0 Å². The molecule has 0 amide bonds. The number of alkyl halides is 3. The zero-order chi connectivity index (χ0) is 23.3. The van der Waals surface area contributed by atoms with Crippen molar-refractivity contribution >= 4 is 32.3 Å². The molecule has 0 aliphatic carbocycles. The minimum atomic E-state index is -4.52. The van der Waals surface area contributed by atoms with Gasteiger partial charge in [-0.15, -0.1) is 0 Å². The first-order chi connectivity index (χ1) is 16.5. The van der Waals surface area contributed by atoms with Gasteiger partial charge in [0.2, 0.25) is 0 Å². The lowest BCUT2D eigenvalue weighted by Gasteiger charge is -2.16. The molecule has 0 N–H and O–H groups in total. The van der Waals surface area contributed by atoms with Gasteiger partial charge in [-0.05, 0) is 55.6 Å². The normalized spacial score (nSPS) is 12.0. The number of hydrogen-bond acceptors (Lipinski definition) is 1. The second-order valence-electron chi connectivity index (χ2n) is 8.36. The fraction of sp³-hybridized carbons (Fsp3) is 0.0333. The van der Waals surface area contributed by atoms with Gasteiger partial charge in [-0.25, -0.2) is 0 Å². The van der Waals surface area contributed by atoms with Crippen molar-refractivity contribution in [1.82, 2.24) is 4.98 Å². The van der Waals surface area contributed by atoms with Crippen LogP contribution in [0.5, 0.6) is 0 Å². The van der Waals surface area contributed by atoms with Gasteiger partial charge in [0, 0.05) is 11.8 Å². The molecule has 0 spiro atoms. The van der Waals surface area contributed by atoms with Crippen LogP contribution >= 0.6 is 0 Å². The molecule has 6 rings (SSSR count). The molecule has 0 unspecified atom stereocenters. The summed E-state index contributed by atoms with van der Waals surface area (Å²) in [5.41, 5.74) is 1.22. The van der Waals surface area contributed by atoms with E-state index in [1.54, 1.807) is 12.1 Å². The molecule has 0 saturated carbocycles. The number of fused-ring (bicyclic) bond motifs is 4. The number of hydrogen-bond donors (Lipinski definition) is 0. The van der Waals surface area contributed by atoms with E-state index in [0.717, 1.165) is 44.1 Å². The van der Waals surface area contributed by atoms with Crippen LogP contribution in [0.2, 0.25) is 0 Å². The highest BCUT2D eigenvalue weighted by atomic mass is 19.4. The molecule has 0 aliphatic rings. The lowest BCUT2D eigenvalue weighted by atomic mass is 9.93. The number of halogens is 3. The van der Waals surface area contributed by atoms with Crippen LogP contribution in [-0.4, -0.2) is 4.98 Å². The zero-order valence-electron chi connectivity index (χ0n) is 18.0. The van der Waals surface area contributed by atoms with Crippen LogP contribution in [0.4, 0.5) is 13.2 Å². The Kier molecular flexibility index (Phi) is 4.63. The van der Waals surface area contributed by atoms with Crippen LogP contribution in [0.3, 0.4) is 0 Å². The minimum absolute atomic E-state index is 0.125. The highest BCUT2D eigenvalue weighted by Crippen LogP contribution is 2.40. The molecule has 0 bridgehead atoms. The molecule has 1 heterocycles. The Bertz CT molecular complexity index is 1690. The summed E-state index contributed by atoms with van der Waals surface area (Å²) < 4.78 is 42.0. The fourth-order valence-corrected chi connectivity index (χ4v) is 4.70. The molecular formula is C30H18F3N. The highest BCUT2D eigenvalue weighted by Gasteiger charge is 2.34. The molecule has 0 aliphatic heterocycles. The van der Waals surface area contributed by atoms with Crippen molar-refractivity contribution in [2.75, 3.05) is 0 Å². The van der Waals surface area contributed by atoms with Gasteiger partial charge in [-0.1, -0.05) is 91.0 Å². The van der Waals surface area contributed by atoms with Gasteiger partial charge < -0.3 is 0 Å². The van der Waals surface area contributed by atoms with Gasteiger partial charge in [-0.3, -0.25) is 4.98 Å².